The molecule has 0 bridgehead atoms. The van der Waals surface area contributed by atoms with E-state index in [2.05, 4.69) is 21.2 Å². The third kappa shape index (κ3) is 4.66. The Kier molecular flexibility index (Phi) is 4.16. The van der Waals surface area contributed by atoms with Crippen LogP contribution in [0.2, 0.25) is 0 Å². The van der Waals surface area contributed by atoms with Gasteiger partial charge in [0, 0.05) is 16.4 Å². The highest BCUT2D eigenvalue weighted by atomic mass is 79.9. The van der Waals surface area contributed by atoms with E-state index >= 15 is 0 Å². The molecule has 1 heterocycles. The summed E-state index contributed by atoms with van der Waals surface area (Å²) in [7, 11) is 0. The number of hydrogen-bond donors (Lipinski definition) is 2. The summed E-state index contributed by atoms with van der Waals surface area (Å²) in [6, 6.07) is 1.99. The monoisotopic (exact) mass is 291 g/mol. The smallest absolute Gasteiger partial charge is 0.303 e. The van der Waals surface area contributed by atoms with Gasteiger partial charge in [0.25, 0.3) is 0 Å². The van der Waals surface area contributed by atoms with E-state index in [0.29, 0.717) is 6.54 Å². The Hall–Kier alpha value is -0.550. The van der Waals surface area contributed by atoms with Gasteiger partial charge in [-0.3, -0.25) is 4.79 Å². The average molecular weight is 292 g/mol. The van der Waals surface area contributed by atoms with E-state index in [1.54, 1.807) is 11.3 Å². The first-order chi connectivity index (χ1) is 6.89. The summed E-state index contributed by atoms with van der Waals surface area (Å²) in [5.41, 5.74) is -0.234. The fraction of sp³-hybridized carbons (Fsp3) is 0.500. The van der Waals surface area contributed by atoms with Crippen LogP contribution in [0.3, 0.4) is 0 Å². The number of nitrogens with one attached hydrogen (secondary N) is 1. The minimum absolute atomic E-state index is 0.173. The molecular formula is C10H14BrNO2S. The lowest BCUT2D eigenvalue weighted by Gasteiger charge is -2.22. The van der Waals surface area contributed by atoms with Crippen molar-refractivity contribution in [3.05, 3.63) is 15.9 Å². The van der Waals surface area contributed by atoms with E-state index in [0.717, 1.165) is 9.47 Å². The highest BCUT2D eigenvalue weighted by Crippen LogP contribution is 2.27. The topological polar surface area (TPSA) is 49.3 Å². The molecule has 0 aromatic carbocycles. The van der Waals surface area contributed by atoms with Crippen LogP contribution in [0.5, 0.6) is 0 Å². The van der Waals surface area contributed by atoms with Crippen LogP contribution in [0.4, 0.5) is 5.00 Å². The summed E-state index contributed by atoms with van der Waals surface area (Å²) in [6.07, 6.45) is 0.173. The third-order valence-electron chi connectivity index (χ3n) is 1.94. The Morgan fingerprint density at radius 2 is 2.33 bits per heavy atom. The molecule has 0 aliphatic carbocycles. The van der Waals surface area contributed by atoms with Crippen LogP contribution >= 0.6 is 27.3 Å². The zero-order valence-corrected chi connectivity index (χ0v) is 11.1. The fourth-order valence-corrected chi connectivity index (χ4v) is 2.52. The average Bonchev–Trinajstić information content (AvgIpc) is 2.46. The Bertz CT molecular complexity index is 349. The zero-order valence-electron chi connectivity index (χ0n) is 8.71. The van der Waals surface area contributed by atoms with Gasteiger partial charge in [-0.05, 0) is 27.4 Å². The molecule has 84 valence electrons. The van der Waals surface area contributed by atoms with Gasteiger partial charge in [0.05, 0.1) is 11.4 Å². The van der Waals surface area contributed by atoms with Crippen molar-refractivity contribution in [3.8, 4) is 0 Å². The van der Waals surface area contributed by atoms with Gasteiger partial charge in [0.15, 0.2) is 0 Å². The molecule has 0 spiro atoms. The minimum atomic E-state index is -0.755. The lowest BCUT2D eigenvalue weighted by atomic mass is 9.89. The Labute approximate surface area is 102 Å². The summed E-state index contributed by atoms with van der Waals surface area (Å²) in [5.74, 6) is -0.755. The van der Waals surface area contributed by atoms with Gasteiger partial charge in [-0.25, -0.2) is 0 Å². The van der Waals surface area contributed by atoms with E-state index < -0.39 is 5.97 Å². The maximum Gasteiger partial charge on any atom is 0.303 e. The molecule has 0 unspecified atom stereocenters. The predicted octanol–water partition coefficient (Wildman–Crippen LogP) is 3.42. The molecule has 15 heavy (non-hydrogen) atoms. The first-order valence-electron chi connectivity index (χ1n) is 4.59. The number of carboxylic acid groups (broad SMARTS) is 1. The van der Waals surface area contributed by atoms with Crippen molar-refractivity contribution >= 4 is 38.2 Å². The number of carboxylic acids is 1. The SMILES string of the molecule is CC(C)(CNc1cc(Br)cs1)CC(=O)O. The molecule has 1 rings (SSSR count). The molecule has 0 aliphatic heterocycles. The molecule has 0 radical (unpaired) electrons. The predicted molar refractivity (Wildman–Crippen MR) is 66.5 cm³/mol. The number of rotatable bonds is 5. The van der Waals surface area contributed by atoms with Crippen LogP contribution < -0.4 is 5.32 Å². The molecule has 0 atom stereocenters. The van der Waals surface area contributed by atoms with Crippen LogP contribution in [0, 0.1) is 5.41 Å². The van der Waals surface area contributed by atoms with E-state index in [4.69, 9.17) is 5.11 Å². The van der Waals surface area contributed by atoms with Gasteiger partial charge in [0.2, 0.25) is 0 Å². The second-order valence-electron chi connectivity index (χ2n) is 4.22. The van der Waals surface area contributed by atoms with Gasteiger partial charge in [-0.15, -0.1) is 11.3 Å². The summed E-state index contributed by atoms with van der Waals surface area (Å²) >= 11 is 4.97. The maximum atomic E-state index is 10.6. The number of thiophene rings is 1. The van der Waals surface area contributed by atoms with Crippen molar-refractivity contribution < 1.29 is 9.90 Å². The first kappa shape index (κ1) is 12.5. The van der Waals surface area contributed by atoms with E-state index in [1.807, 2.05) is 25.3 Å². The molecule has 2 N–H and O–H groups in total. The van der Waals surface area contributed by atoms with Crippen LogP contribution in [-0.4, -0.2) is 17.6 Å². The molecule has 1 aromatic heterocycles. The fourth-order valence-electron chi connectivity index (χ4n) is 1.20. The van der Waals surface area contributed by atoms with Crippen LogP contribution in [-0.2, 0) is 4.79 Å². The Morgan fingerprint density at radius 3 is 2.80 bits per heavy atom. The van der Waals surface area contributed by atoms with Crippen molar-refractivity contribution in [3.63, 3.8) is 0 Å². The minimum Gasteiger partial charge on any atom is -0.481 e. The van der Waals surface area contributed by atoms with E-state index in [-0.39, 0.29) is 11.8 Å². The lowest BCUT2D eigenvalue weighted by Crippen LogP contribution is -2.25. The standard InChI is InChI=1S/C10H14BrNO2S/c1-10(2,4-9(13)14)6-12-8-3-7(11)5-15-8/h3,5,12H,4,6H2,1-2H3,(H,13,14). The second kappa shape index (κ2) is 4.99. The normalized spacial score (nSPS) is 11.4. The molecule has 5 heteroatoms. The van der Waals surface area contributed by atoms with Gasteiger partial charge < -0.3 is 10.4 Å². The van der Waals surface area contributed by atoms with E-state index in [1.165, 1.54) is 0 Å². The molecule has 0 saturated heterocycles. The van der Waals surface area contributed by atoms with Crippen molar-refractivity contribution in [2.24, 2.45) is 5.41 Å². The first-order valence-corrected chi connectivity index (χ1v) is 6.26. The Balaban J connectivity index is 2.45. The summed E-state index contributed by atoms with van der Waals surface area (Å²) in [4.78, 5) is 10.6. The summed E-state index contributed by atoms with van der Waals surface area (Å²) in [5, 5.41) is 15.0. The van der Waals surface area contributed by atoms with Gasteiger partial charge in [0.1, 0.15) is 0 Å². The highest BCUT2D eigenvalue weighted by Gasteiger charge is 2.21. The maximum absolute atomic E-state index is 10.6. The Morgan fingerprint density at radius 1 is 1.67 bits per heavy atom. The second-order valence-corrected chi connectivity index (χ2v) is 6.04. The van der Waals surface area contributed by atoms with Crippen molar-refractivity contribution in [1.29, 1.82) is 0 Å². The van der Waals surface area contributed by atoms with Gasteiger partial charge in [-0.2, -0.15) is 0 Å². The number of halogens is 1. The highest BCUT2D eigenvalue weighted by molar-refractivity contribution is 9.10. The largest absolute Gasteiger partial charge is 0.481 e. The third-order valence-corrected chi connectivity index (χ3v) is 3.59. The summed E-state index contributed by atoms with van der Waals surface area (Å²) < 4.78 is 1.05. The van der Waals surface area contributed by atoms with Crippen molar-refractivity contribution in [2.75, 3.05) is 11.9 Å². The molecule has 3 nitrogen and oxygen atoms in total. The van der Waals surface area contributed by atoms with Crippen molar-refractivity contribution in [2.45, 2.75) is 20.3 Å². The number of hydrogen-bond acceptors (Lipinski definition) is 3. The molecule has 0 amide bonds. The molecule has 0 aliphatic rings. The molecule has 0 saturated carbocycles. The zero-order chi connectivity index (χ0) is 11.5. The number of carbonyl (C=O) groups is 1. The van der Waals surface area contributed by atoms with Crippen LogP contribution in [0.25, 0.3) is 0 Å². The quantitative estimate of drug-likeness (QED) is 0.874. The molecule has 0 fully saturated rings. The van der Waals surface area contributed by atoms with Crippen LogP contribution in [0.1, 0.15) is 20.3 Å². The molecule has 1 aromatic rings. The molecular weight excluding hydrogens is 278 g/mol. The number of anilines is 1. The van der Waals surface area contributed by atoms with Crippen LogP contribution in [0.15, 0.2) is 15.9 Å². The summed E-state index contributed by atoms with van der Waals surface area (Å²) in [6.45, 7) is 4.54. The van der Waals surface area contributed by atoms with Gasteiger partial charge in [-0.1, -0.05) is 13.8 Å². The van der Waals surface area contributed by atoms with Gasteiger partial charge >= 0.3 is 5.97 Å². The lowest BCUT2D eigenvalue weighted by molar-refractivity contribution is -0.139. The van der Waals surface area contributed by atoms with Crippen molar-refractivity contribution in [1.82, 2.24) is 0 Å². The number of aliphatic carboxylic acids is 1. The van der Waals surface area contributed by atoms with E-state index in [9.17, 15) is 4.79 Å².